The Morgan fingerprint density at radius 1 is 1.13 bits per heavy atom. The highest BCUT2D eigenvalue weighted by Crippen LogP contribution is 2.19. The molecule has 0 saturated heterocycles. The third kappa shape index (κ3) is 5.15. The van der Waals surface area contributed by atoms with Gasteiger partial charge in [-0.05, 0) is 42.5 Å². The van der Waals surface area contributed by atoms with E-state index >= 15 is 0 Å². The summed E-state index contributed by atoms with van der Waals surface area (Å²) in [5.74, 6) is 0.0307. The quantitative estimate of drug-likeness (QED) is 0.487. The SMILES string of the molecule is O=[N+]([O-])c1cccc(NC(=S)Nc2ccc(OC(F)F)cc2)c1. The number of non-ortho nitro benzene ring substituents is 1. The lowest BCUT2D eigenvalue weighted by molar-refractivity contribution is -0.384. The molecule has 9 heteroatoms. The largest absolute Gasteiger partial charge is 0.435 e. The number of ether oxygens (including phenoxy) is 1. The number of thiocarbonyl (C=S) groups is 1. The number of rotatable bonds is 5. The lowest BCUT2D eigenvalue weighted by atomic mass is 10.3. The van der Waals surface area contributed by atoms with Gasteiger partial charge in [0.25, 0.3) is 5.69 Å². The molecule has 0 saturated carbocycles. The van der Waals surface area contributed by atoms with Gasteiger partial charge in [-0.1, -0.05) is 6.07 Å². The van der Waals surface area contributed by atoms with E-state index in [-0.39, 0.29) is 16.5 Å². The third-order valence-electron chi connectivity index (χ3n) is 2.65. The number of alkyl halides is 2. The molecule has 0 aromatic heterocycles. The van der Waals surface area contributed by atoms with Crippen molar-refractivity contribution >= 4 is 34.4 Å². The zero-order valence-electron chi connectivity index (χ0n) is 11.5. The molecule has 0 aliphatic rings. The van der Waals surface area contributed by atoms with E-state index in [4.69, 9.17) is 12.2 Å². The second kappa shape index (κ2) is 7.45. The molecule has 0 aliphatic heterocycles. The zero-order chi connectivity index (χ0) is 16.8. The van der Waals surface area contributed by atoms with Crippen molar-refractivity contribution < 1.29 is 18.4 Å². The zero-order valence-corrected chi connectivity index (χ0v) is 12.3. The Labute approximate surface area is 135 Å². The smallest absolute Gasteiger partial charge is 0.387 e. The van der Waals surface area contributed by atoms with Crippen molar-refractivity contribution in [1.29, 1.82) is 0 Å². The number of hydrogen-bond acceptors (Lipinski definition) is 4. The number of nitrogens with zero attached hydrogens (tertiary/aromatic N) is 1. The average Bonchev–Trinajstić information content (AvgIpc) is 2.49. The van der Waals surface area contributed by atoms with Crippen molar-refractivity contribution in [3.63, 3.8) is 0 Å². The van der Waals surface area contributed by atoms with E-state index in [0.717, 1.165) is 0 Å². The van der Waals surface area contributed by atoms with E-state index in [0.29, 0.717) is 11.4 Å². The Bertz CT molecular complexity index is 711. The molecule has 6 nitrogen and oxygen atoms in total. The molecule has 2 rings (SSSR count). The maximum absolute atomic E-state index is 12.0. The molecule has 2 aromatic rings. The van der Waals surface area contributed by atoms with Crippen LogP contribution in [0.3, 0.4) is 0 Å². The molecule has 0 heterocycles. The molecule has 0 bridgehead atoms. The van der Waals surface area contributed by atoms with Crippen LogP contribution in [0.5, 0.6) is 5.75 Å². The Hall–Kier alpha value is -2.81. The van der Waals surface area contributed by atoms with Crippen LogP contribution in [0.4, 0.5) is 25.8 Å². The topological polar surface area (TPSA) is 76.4 Å². The van der Waals surface area contributed by atoms with Crippen molar-refractivity contribution in [2.45, 2.75) is 6.61 Å². The Morgan fingerprint density at radius 2 is 1.78 bits per heavy atom. The van der Waals surface area contributed by atoms with Crippen LogP contribution in [-0.4, -0.2) is 16.6 Å². The molecule has 0 amide bonds. The fourth-order valence-corrected chi connectivity index (χ4v) is 1.95. The summed E-state index contributed by atoms with van der Waals surface area (Å²) in [5, 5.41) is 16.5. The van der Waals surface area contributed by atoms with Crippen molar-refractivity contribution in [2.24, 2.45) is 0 Å². The van der Waals surface area contributed by atoms with Gasteiger partial charge in [-0.3, -0.25) is 10.1 Å². The predicted octanol–water partition coefficient (Wildman–Crippen LogP) is 4.01. The minimum atomic E-state index is -2.88. The average molecular weight is 339 g/mol. The maximum Gasteiger partial charge on any atom is 0.387 e. The summed E-state index contributed by atoms with van der Waals surface area (Å²) in [5.41, 5.74) is 0.940. The number of benzene rings is 2. The van der Waals surface area contributed by atoms with Gasteiger partial charge >= 0.3 is 6.61 Å². The van der Waals surface area contributed by atoms with Gasteiger partial charge < -0.3 is 15.4 Å². The van der Waals surface area contributed by atoms with Crippen LogP contribution < -0.4 is 15.4 Å². The number of nitro benzene ring substituents is 1. The first kappa shape index (κ1) is 16.6. The molecule has 0 spiro atoms. The summed E-state index contributed by atoms with van der Waals surface area (Å²) in [4.78, 5) is 10.2. The van der Waals surface area contributed by atoms with E-state index in [2.05, 4.69) is 15.4 Å². The maximum atomic E-state index is 12.0. The van der Waals surface area contributed by atoms with Crippen molar-refractivity contribution in [2.75, 3.05) is 10.6 Å². The number of halogens is 2. The second-order valence-electron chi connectivity index (χ2n) is 4.29. The summed E-state index contributed by atoms with van der Waals surface area (Å²) < 4.78 is 28.3. The molecular formula is C14H11F2N3O3S. The minimum Gasteiger partial charge on any atom is -0.435 e. The van der Waals surface area contributed by atoms with Gasteiger partial charge in [-0.25, -0.2) is 0 Å². The molecule has 0 fully saturated rings. The monoisotopic (exact) mass is 339 g/mol. The molecule has 0 unspecified atom stereocenters. The molecule has 2 aromatic carbocycles. The molecule has 2 N–H and O–H groups in total. The van der Waals surface area contributed by atoms with E-state index in [9.17, 15) is 18.9 Å². The first-order valence-electron chi connectivity index (χ1n) is 6.31. The van der Waals surface area contributed by atoms with Crippen LogP contribution in [-0.2, 0) is 0 Å². The minimum absolute atomic E-state index is 0.0307. The lowest BCUT2D eigenvalue weighted by Crippen LogP contribution is -2.19. The van der Waals surface area contributed by atoms with E-state index < -0.39 is 11.5 Å². The summed E-state index contributed by atoms with van der Waals surface area (Å²) in [7, 11) is 0. The van der Waals surface area contributed by atoms with Gasteiger partial charge in [0.1, 0.15) is 5.75 Å². The molecule has 0 atom stereocenters. The Kier molecular flexibility index (Phi) is 5.36. The summed E-state index contributed by atoms with van der Waals surface area (Å²) in [6.45, 7) is -2.88. The number of nitro groups is 1. The number of nitrogens with one attached hydrogen (secondary N) is 2. The van der Waals surface area contributed by atoms with Gasteiger partial charge in [0.2, 0.25) is 0 Å². The summed E-state index contributed by atoms with van der Waals surface area (Å²) in [6, 6.07) is 11.6. The molecular weight excluding hydrogens is 328 g/mol. The van der Waals surface area contributed by atoms with Gasteiger partial charge in [0.15, 0.2) is 5.11 Å². The Balaban J connectivity index is 1.96. The van der Waals surface area contributed by atoms with Crippen LogP contribution in [0.1, 0.15) is 0 Å². The standard InChI is InChI=1S/C14H11F2N3O3S/c15-13(16)22-12-6-4-9(5-7-12)17-14(23)18-10-2-1-3-11(8-10)19(20)21/h1-8,13H,(H2,17,18,23). The highest BCUT2D eigenvalue weighted by atomic mass is 32.1. The van der Waals surface area contributed by atoms with Crippen molar-refractivity contribution in [3.8, 4) is 5.75 Å². The fourth-order valence-electron chi connectivity index (χ4n) is 1.71. The summed E-state index contributed by atoms with van der Waals surface area (Å²) in [6.07, 6.45) is 0. The first-order chi connectivity index (χ1) is 10.9. The van der Waals surface area contributed by atoms with Crippen molar-refractivity contribution in [3.05, 3.63) is 58.6 Å². The molecule has 0 radical (unpaired) electrons. The third-order valence-corrected chi connectivity index (χ3v) is 2.86. The molecule has 120 valence electrons. The van der Waals surface area contributed by atoms with E-state index in [1.165, 1.54) is 42.5 Å². The normalized spacial score (nSPS) is 10.2. The first-order valence-corrected chi connectivity index (χ1v) is 6.72. The van der Waals surface area contributed by atoms with Gasteiger partial charge in [-0.2, -0.15) is 8.78 Å². The highest BCUT2D eigenvalue weighted by molar-refractivity contribution is 7.80. The van der Waals surface area contributed by atoms with Gasteiger partial charge in [-0.15, -0.1) is 0 Å². The highest BCUT2D eigenvalue weighted by Gasteiger charge is 2.07. The van der Waals surface area contributed by atoms with Crippen LogP contribution in [0.15, 0.2) is 48.5 Å². The Morgan fingerprint density at radius 3 is 2.39 bits per heavy atom. The molecule has 0 aliphatic carbocycles. The van der Waals surface area contributed by atoms with Crippen molar-refractivity contribution in [1.82, 2.24) is 0 Å². The van der Waals surface area contributed by atoms with E-state index in [1.807, 2.05) is 0 Å². The van der Waals surface area contributed by atoms with Crippen LogP contribution in [0, 0.1) is 10.1 Å². The van der Waals surface area contributed by atoms with Gasteiger partial charge in [0.05, 0.1) is 4.92 Å². The van der Waals surface area contributed by atoms with Crippen LogP contribution in [0.2, 0.25) is 0 Å². The molecule has 23 heavy (non-hydrogen) atoms. The van der Waals surface area contributed by atoms with E-state index in [1.54, 1.807) is 6.07 Å². The number of hydrogen-bond donors (Lipinski definition) is 2. The van der Waals surface area contributed by atoms with Crippen LogP contribution in [0.25, 0.3) is 0 Å². The second-order valence-corrected chi connectivity index (χ2v) is 4.70. The predicted molar refractivity (Wildman–Crippen MR) is 86.0 cm³/mol. The number of anilines is 2. The van der Waals surface area contributed by atoms with Gasteiger partial charge in [0, 0.05) is 23.5 Å². The van der Waals surface area contributed by atoms with Crippen LogP contribution >= 0.6 is 12.2 Å². The fraction of sp³-hybridized carbons (Fsp3) is 0.0714. The lowest BCUT2D eigenvalue weighted by Gasteiger charge is -2.11. The summed E-state index contributed by atoms with van der Waals surface area (Å²) >= 11 is 5.09.